The molecule has 0 amide bonds. The van der Waals surface area contributed by atoms with Crippen molar-refractivity contribution in [3.8, 4) is 0 Å². The monoisotopic (exact) mass is 243 g/mol. The fourth-order valence-electron chi connectivity index (χ4n) is 2.57. The molecule has 1 aliphatic heterocycles. The van der Waals surface area contributed by atoms with Gasteiger partial charge in [0.2, 0.25) is 0 Å². The molecule has 0 saturated carbocycles. The standard InChI is InChI=1S/C14H17N3O/c1-10-9-17(7-6-13(10)18)14-12-5-3-2-4-11(12)8-15-16-14/h2-5,8,10,13,18H,6-7,9H2,1H3. The van der Waals surface area contributed by atoms with Crippen molar-refractivity contribution in [3.63, 3.8) is 0 Å². The molecule has 2 aromatic rings. The van der Waals surface area contributed by atoms with Crippen LogP contribution in [0.1, 0.15) is 13.3 Å². The van der Waals surface area contributed by atoms with Crippen molar-refractivity contribution >= 4 is 16.6 Å². The third kappa shape index (κ3) is 1.93. The van der Waals surface area contributed by atoms with E-state index in [1.807, 2.05) is 12.1 Å². The van der Waals surface area contributed by atoms with Gasteiger partial charge in [-0.3, -0.25) is 0 Å². The lowest BCUT2D eigenvalue weighted by Gasteiger charge is -2.35. The molecule has 2 unspecified atom stereocenters. The number of rotatable bonds is 1. The van der Waals surface area contributed by atoms with E-state index in [1.165, 1.54) is 0 Å². The van der Waals surface area contributed by atoms with E-state index >= 15 is 0 Å². The topological polar surface area (TPSA) is 49.2 Å². The summed E-state index contributed by atoms with van der Waals surface area (Å²) in [6, 6.07) is 8.16. The number of benzene rings is 1. The van der Waals surface area contributed by atoms with Crippen LogP contribution in [0.5, 0.6) is 0 Å². The van der Waals surface area contributed by atoms with Crippen molar-refractivity contribution in [2.24, 2.45) is 5.92 Å². The number of hydrogen-bond acceptors (Lipinski definition) is 4. The smallest absolute Gasteiger partial charge is 0.159 e. The van der Waals surface area contributed by atoms with Gasteiger partial charge >= 0.3 is 0 Å². The molecule has 4 heteroatoms. The first-order chi connectivity index (χ1) is 8.75. The Morgan fingerprint density at radius 3 is 3.00 bits per heavy atom. The zero-order valence-electron chi connectivity index (χ0n) is 10.5. The Morgan fingerprint density at radius 1 is 1.33 bits per heavy atom. The van der Waals surface area contributed by atoms with Crippen molar-refractivity contribution in [2.45, 2.75) is 19.4 Å². The summed E-state index contributed by atoms with van der Waals surface area (Å²) < 4.78 is 0. The van der Waals surface area contributed by atoms with E-state index in [9.17, 15) is 5.11 Å². The quantitative estimate of drug-likeness (QED) is 0.830. The summed E-state index contributed by atoms with van der Waals surface area (Å²) in [5.41, 5.74) is 0. The maximum Gasteiger partial charge on any atom is 0.159 e. The first kappa shape index (κ1) is 11.4. The van der Waals surface area contributed by atoms with Crippen LogP contribution >= 0.6 is 0 Å². The Morgan fingerprint density at radius 2 is 2.17 bits per heavy atom. The molecule has 1 fully saturated rings. The molecule has 0 radical (unpaired) electrons. The maximum absolute atomic E-state index is 9.79. The number of piperidine rings is 1. The van der Waals surface area contributed by atoms with Crippen LogP contribution in [0.2, 0.25) is 0 Å². The van der Waals surface area contributed by atoms with Crippen LogP contribution in [-0.4, -0.2) is 34.5 Å². The molecule has 18 heavy (non-hydrogen) atoms. The molecule has 94 valence electrons. The lowest BCUT2D eigenvalue weighted by Crippen LogP contribution is -2.42. The molecule has 1 aromatic heterocycles. The third-order valence-electron chi connectivity index (χ3n) is 3.71. The van der Waals surface area contributed by atoms with Gasteiger partial charge in [0.15, 0.2) is 5.82 Å². The lowest BCUT2D eigenvalue weighted by molar-refractivity contribution is 0.0969. The zero-order chi connectivity index (χ0) is 12.5. The predicted molar refractivity (Wildman–Crippen MR) is 71.5 cm³/mol. The Labute approximate surface area is 106 Å². The van der Waals surface area contributed by atoms with E-state index in [-0.39, 0.29) is 12.0 Å². The summed E-state index contributed by atoms with van der Waals surface area (Å²) in [6.07, 6.45) is 2.40. The highest BCUT2D eigenvalue weighted by atomic mass is 16.3. The second-order valence-electron chi connectivity index (χ2n) is 5.03. The highest BCUT2D eigenvalue weighted by Crippen LogP contribution is 2.27. The molecule has 2 atom stereocenters. The molecule has 0 spiro atoms. The van der Waals surface area contributed by atoms with E-state index in [1.54, 1.807) is 6.20 Å². The van der Waals surface area contributed by atoms with Gasteiger partial charge in [-0.2, -0.15) is 5.10 Å². The Hall–Kier alpha value is -1.68. The fourth-order valence-corrected chi connectivity index (χ4v) is 2.57. The summed E-state index contributed by atoms with van der Waals surface area (Å²) in [4.78, 5) is 2.23. The molecule has 1 saturated heterocycles. The van der Waals surface area contributed by atoms with Crippen LogP contribution in [0, 0.1) is 5.92 Å². The van der Waals surface area contributed by atoms with Crippen LogP contribution in [0.25, 0.3) is 10.8 Å². The van der Waals surface area contributed by atoms with E-state index in [2.05, 4.69) is 34.2 Å². The Kier molecular flexibility index (Phi) is 2.88. The van der Waals surface area contributed by atoms with Gasteiger partial charge in [-0.1, -0.05) is 31.2 Å². The second-order valence-corrected chi connectivity index (χ2v) is 5.03. The van der Waals surface area contributed by atoms with Crippen LogP contribution in [0.15, 0.2) is 30.5 Å². The molecule has 2 heterocycles. The Bertz CT molecular complexity index is 552. The molecule has 3 rings (SSSR count). The lowest BCUT2D eigenvalue weighted by atomic mass is 9.96. The van der Waals surface area contributed by atoms with E-state index < -0.39 is 0 Å². The highest BCUT2D eigenvalue weighted by molar-refractivity contribution is 5.91. The largest absolute Gasteiger partial charge is 0.393 e. The number of fused-ring (bicyclic) bond motifs is 1. The molecule has 4 nitrogen and oxygen atoms in total. The van der Waals surface area contributed by atoms with E-state index in [0.29, 0.717) is 0 Å². The van der Waals surface area contributed by atoms with Crippen molar-refractivity contribution in [1.82, 2.24) is 10.2 Å². The molecule has 1 aliphatic rings. The van der Waals surface area contributed by atoms with Crippen molar-refractivity contribution in [1.29, 1.82) is 0 Å². The third-order valence-corrected chi connectivity index (χ3v) is 3.71. The molecule has 0 bridgehead atoms. The summed E-state index contributed by atoms with van der Waals surface area (Å²) in [5.74, 6) is 1.21. The molecule has 0 aliphatic carbocycles. The average Bonchev–Trinajstić information content (AvgIpc) is 2.41. The van der Waals surface area contributed by atoms with Gasteiger partial charge in [0, 0.05) is 23.9 Å². The number of aromatic nitrogens is 2. The first-order valence-electron chi connectivity index (χ1n) is 6.39. The van der Waals surface area contributed by atoms with Gasteiger partial charge in [0.1, 0.15) is 0 Å². The van der Waals surface area contributed by atoms with Crippen molar-refractivity contribution in [3.05, 3.63) is 30.5 Å². The van der Waals surface area contributed by atoms with Gasteiger partial charge in [-0.25, -0.2) is 0 Å². The normalized spacial score (nSPS) is 24.4. The number of aliphatic hydroxyl groups is 1. The van der Waals surface area contributed by atoms with Crippen molar-refractivity contribution in [2.75, 3.05) is 18.0 Å². The molecular weight excluding hydrogens is 226 g/mol. The van der Waals surface area contributed by atoms with Gasteiger partial charge in [-0.15, -0.1) is 5.10 Å². The molecular formula is C14H17N3O. The minimum Gasteiger partial charge on any atom is -0.393 e. The SMILES string of the molecule is CC1CN(c2nncc3ccccc23)CCC1O. The van der Waals surface area contributed by atoms with Gasteiger partial charge in [-0.05, 0) is 12.3 Å². The molecule has 1 aromatic carbocycles. The predicted octanol–water partition coefficient (Wildman–Crippen LogP) is 1.84. The highest BCUT2D eigenvalue weighted by Gasteiger charge is 2.25. The van der Waals surface area contributed by atoms with E-state index in [0.717, 1.165) is 36.1 Å². The number of anilines is 1. The summed E-state index contributed by atoms with van der Waals surface area (Å²) in [5, 5.41) is 20.4. The number of nitrogens with zero attached hydrogens (tertiary/aromatic N) is 3. The average molecular weight is 243 g/mol. The number of aliphatic hydroxyl groups excluding tert-OH is 1. The summed E-state index contributed by atoms with van der Waals surface area (Å²) in [6.45, 7) is 3.76. The van der Waals surface area contributed by atoms with Crippen LogP contribution in [0.3, 0.4) is 0 Å². The van der Waals surface area contributed by atoms with Gasteiger partial charge in [0.25, 0.3) is 0 Å². The Balaban J connectivity index is 1.99. The van der Waals surface area contributed by atoms with E-state index in [4.69, 9.17) is 0 Å². The zero-order valence-corrected chi connectivity index (χ0v) is 10.5. The minimum absolute atomic E-state index is 0.191. The molecule has 1 N–H and O–H groups in total. The first-order valence-corrected chi connectivity index (χ1v) is 6.39. The second kappa shape index (κ2) is 4.53. The number of hydrogen-bond donors (Lipinski definition) is 1. The van der Waals surface area contributed by atoms with Gasteiger partial charge in [0.05, 0.1) is 12.3 Å². The van der Waals surface area contributed by atoms with Crippen LogP contribution in [0.4, 0.5) is 5.82 Å². The summed E-state index contributed by atoms with van der Waals surface area (Å²) >= 11 is 0. The van der Waals surface area contributed by atoms with Crippen LogP contribution < -0.4 is 4.90 Å². The minimum atomic E-state index is -0.191. The van der Waals surface area contributed by atoms with Gasteiger partial charge < -0.3 is 10.0 Å². The maximum atomic E-state index is 9.79. The van der Waals surface area contributed by atoms with Crippen LogP contribution in [-0.2, 0) is 0 Å². The summed E-state index contributed by atoms with van der Waals surface area (Å²) in [7, 11) is 0. The fraction of sp³-hybridized carbons (Fsp3) is 0.429. The van der Waals surface area contributed by atoms with Crippen molar-refractivity contribution < 1.29 is 5.11 Å².